The fourth-order valence-electron chi connectivity index (χ4n) is 10.8. The highest BCUT2D eigenvalue weighted by Crippen LogP contribution is 2.18. The molecule has 0 aromatic carbocycles. The summed E-state index contributed by atoms with van der Waals surface area (Å²) in [4.78, 5) is 38.4. The number of ether oxygens (including phenoxy) is 3. The first-order valence-electron chi connectivity index (χ1n) is 36.4. The highest BCUT2D eigenvalue weighted by Gasteiger charge is 2.19. The summed E-state index contributed by atoms with van der Waals surface area (Å²) in [5.74, 6) is -0.841. The van der Waals surface area contributed by atoms with Crippen LogP contribution >= 0.6 is 0 Å². The first kappa shape index (κ1) is 79.8. The van der Waals surface area contributed by atoms with Gasteiger partial charge in [0.1, 0.15) is 13.2 Å². The third-order valence-corrected chi connectivity index (χ3v) is 16.2. The second-order valence-corrected chi connectivity index (χ2v) is 24.5. The Labute approximate surface area is 516 Å². The van der Waals surface area contributed by atoms with Gasteiger partial charge < -0.3 is 14.2 Å². The van der Waals surface area contributed by atoms with Crippen molar-refractivity contribution in [2.24, 2.45) is 0 Å². The van der Waals surface area contributed by atoms with Crippen molar-refractivity contribution in [3.05, 3.63) is 72.9 Å². The van der Waals surface area contributed by atoms with E-state index in [0.717, 1.165) is 96.3 Å². The maximum absolute atomic E-state index is 12.9. The zero-order valence-electron chi connectivity index (χ0n) is 55.5. The van der Waals surface area contributed by atoms with Crippen molar-refractivity contribution in [1.82, 2.24) is 0 Å². The maximum atomic E-state index is 12.9. The number of hydrogen-bond acceptors (Lipinski definition) is 6. The Morgan fingerprint density at radius 1 is 0.253 bits per heavy atom. The van der Waals surface area contributed by atoms with Crippen LogP contribution in [0.1, 0.15) is 380 Å². The molecule has 0 rings (SSSR count). The van der Waals surface area contributed by atoms with Crippen molar-refractivity contribution in [2.75, 3.05) is 13.2 Å². The van der Waals surface area contributed by atoms with Gasteiger partial charge >= 0.3 is 17.9 Å². The summed E-state index contributed by atoms with van der Waals surface area (Å²) >= 11 is 0. The van der Waals surface area contributed by atoms with Crippen molar-refractivity contribution < 1.29 is 28.6 Å². The van der Waals surface area contributed by atoms with Gasteiger partial charge in [-0.05, 0) is 70.6 Å². The average molecular weight is 1160 g/mol. The van der Waals surface area contributed by atoms with E-state index in [1.165, 1.54) is 244 Å². The summed E-state index contributed by atoms with van der Waals surface area (Å²) in [6.07, 6.45) is 93.7. The summed E-state index contributed by atoms with van der Waals surface area (Å²) in [5.41, 5.74) is 0. The van der Waals surface area contributed by atoms with E-state index in [4.69, 9.17) is 14.2 Å². The number of rotatable bonds is 67. The molecule has 6 nitrogen and oxygen atoms in total. The van der Waals surface area contributed by atoms with Crippen LogP contribution in [-0.2, 0) is 28.6 Å². The van der Waals surface area contributed by atoms with E-state index in [1.807, 2.05) is 0 Å². The summed E-state index contributed by atoms with van der Waals surface area (Å²) in [5, 5.41) is 0. The standard InChI is InChI=1S/C77H138O6/c1-4-7-10-13-16-19-22-24-26-28-30-31-32-33-34-35-36-37-38-39-40-41-42-43-44-45-47-48-50-52-55-58-61-64-67-70-76(79)82-73-74(72-81-75(78)69-66-63-60-57-54-21-18-15-12-9-6-3)83-77(80)71-68-65-62-59-56-53-51-49-46-29-27-25-23-20-17-14-11-8-5-2/h7,10,16,19,24,26,30-31,33-34,36-37,74H,4-6,8-9,11-15,17-18,20-23,25,27-29,32,35,38-73H2,1-3H3/b10-7-,19-16-,26-24-,31-30-,34-33-,37-36-. The van der Waals surface area contributed by atoms with Crippen LogP contribution in [0.25, 0.3) is 0 Å². The summed E-state index contributed by atoms with van der Waals surface area (Å²) in [7, 11) is 0. The average Bonchev–Trinajstić information content (AvgIpc) is 3.48. The van der Waals surface area contributed by atoms with Crippen molar-refractivity contribution in [3.8, 4) is 0 Å². The van der Waals surface area contributed by atoms with Gasteiger partial charge in [-0.15, -0.1) is 0 Å². The van der Waals surface area contributed by atoms with Gasteiger partial charge in [-0.25, -0.2) is 0 Å². The molecule has 0 bridgehead atoms. The van der Waals surface area contributed by atoms with Crippen LogP contribution in [-0.4, -0.2) is 37.2 Å². The highest BCUT2D eigenvalue weighted by atomic mass is 16.6. The number of unbranched alkanes of at least 4 members (excludes halogenated alkanes) is 44. The molecular formula is C77H138O6. The lowest BCUT2D eigenvalue weighted by molar-refractivity contribution is -0.167. The molecule has 0 saturated carbocycles. The van der Waals surface area contributed by atoms with E-state index < -0.39 is 6.10 Å². The van der Waals surface area contributed by atoms with Gasteiger partial charge in [0, 0.05) is 19.3 Å². The quantitative estimate of drug-likeness (QED) is 0.0261. The van der Waals surface area contributed by atoms with Gasteiger partial charge in [0.15, 0.2) is 6.10 Å². The van der Waals surface area contributed by atoms with E-state index in [0.29, 0.717) is 19.3 Å². The predicted octanol–water partition coefficient (Wildman–Crippen LogP) is 25.2. The molecule has 6 heteroatoms. The van der Waals surface area contributed by atoms with Crippen LogP contribution in [0.5, 0.6) is 0 Å². The highest BCUT2D eigenvalue weighted by molar-refractivity contribution is 5.71. The smallest absolute Gasteiger partial charge is 0.306 e. The molecule has 0 heterocycles. The molecule has 1 unspecified atom stereocenters. The van der Waals surface area contributed by atoms with Crippen LogP contribution in [0.2, 0.25) is 0 Å². The normalized spacial score (nSPS) is 12.5. The Balaban J connectivity index is 4.10. The molecule has 83 heavy (non-hydrogen) atoms. The van der Waals surface area contributed by atoms with Crippen molar-refractivity contribution in [3.63, 3.8) is 0 Å². The molecule has 0 radical (unpaired) electrons. The molecule has 0 aliphatic heterocycles. The Morgan fingerprint density at radius 2 is 0.470 bits per heavy atom. The van der Waals surface area contributed by atoms with Gasteiger partial charge in [-0.3, -0.25) is 14.4 Å². The van der Waals surface area contributed by atoms with Gasteiger partial charge in [-0.1, -0.05) is 363 Å². The predicted molar refractivity (Wildman–Crippen MR) is 362 cm³/mol. The van der Waals surface area contributed by atoms with Gasteiger partial charge in [-0.2, -0.15) is 0 Å². The zero-order valence-corrected chi connectivity index (χ0v) is 55.5. The zero-order chi connectivity index (χ0) is 59.9. The molecule has 0 aromatic heterocycles. The van der Waals surface area contributed by atoms with Gasteiger partial charge in [0.05, 0.1) is 0 Å². The Kier molecular flexibility index (Phi) is 68.6. The van der Waals surface area contributed by atoms with Crippen LogP contribution < -0.4 is 0 Å². The second-order valence-electron chi connectivity index (χ2n) is 24.5. The molecule has 0 aromatic rings. The van der Waals surface area contributed by atoms with E-state index in [2.05, 4.69) is 93.7 Å². The summed E-state index contributed by atoms with van der Waals surface area (Å²) in [6.45, 7) is 6.58. The molecule has 0 aliphatic rings. The van der Waals surface area contributed by atoms with E-state index >= 15 is 0 Å². The lowest BCUT2D eigenvalue weighted by Crippen LogP contribution is -2.30. The molecule has 0 fully saturated rings. The van der Waals surface area contributed by atoms with Crippen LogP contribution in [0, 0.1) is 0 Å². The number of carbonyl (C=O) groups excluding carboxylic acids is 3. The van der Waals surface area contributed by atoms with E-state index in [-0.39, 0.29) is 31.1 Å². The number of allylic oxidation sites excluding steroid dienone is 12. The molecular weight excluding hydrogens is 1020 g/mol. The minimum atomic E-state index is -0.770. The second kappa shape index (κ2) is 71.3. The van der Waals surface area contributed by atoms with Crippen molar-refractivity contribution >= 4 is 17.9 Å². The SMILES string of the molecule is CC/C=C\C/C=C\C/C=C\C/C=C\C/C=C\C/C=C\CCCCCCCCCCCCCCCCCCC(=O)OCC(COC(=O)CCCCCCCCCCCCC)OC(=O)CCCCCCCCCCCCCCCCCCCCC. The third-order valence-electron chi connectivity index (χ3n) is 16.2. The van der Waals surface area contributed by atoms with Crippen molar-refractivity contribution in [2.45, 2.75) is 386 Å². The van der Waals surface area contributed by atoms with E-state index in [9.17, 15) is 14.4 Å². The monoisotopic (exact) mass is 1160 g/mol. The molecule has 482 valence electrons. The Morgan fingerprint density at radius 3 is 0.735 bits per heavy atom. The lowest BCUT2D eigenvalue weighted by atomic mass is 10.0. The number of hydrogen-bond donors (Lipinski definition) is 0. The topological polar surface area (TPSA) is 78.9 Å². The fourth-order valence-corrected chi connectivity index (χ4v) is 10.8. The van der Waals surface area contributed by atoms with Crippen LogP contribution in [0.15, 0.2) is 72.9 Å². The third kappa shape index (κ3) is 69.5. The molecule has 1 atom stereocenters. The molecule has 0 N–H and O–H groups in total. The van der Waals surface area contributed by atoms with Crippen molar-refractivity contribution in [1.29, 1.82) is 0 Å². The van der Waals surface area contributed by atoms with Crippen LogP contribution in [0.4, 0.5) is 0 Å². The Bertz CT molecular complexity index is 1520. The van der Waals surface area contributed by atoms with Gasteiger partial charge in [0.25, 0.3) is 0 Å². The number of esters is 3. The first-order valence-corrected chi connectivity index (χ1v) is 36.4. The van der Waals surface area contributed by atoms with Gasteiger partial charge in [0.2, 0.25) is 0 Å². The summed E-state index contributed by atoms with van der Waals surface area (Å²) in [6, 6.07) is 0. The summed E-state index contributed by atoms with van der Waals surface area (Å²) < 4.78 is 17.0. The molecule has 0 amide bonds. The largest absolute Gasteiger partial charge is 0.462 e. The first-order chi connectivity index (χ1) is 41.0. The van der Waals surface area contributed by atoms with E-state index in [1.54, 1.807) is 0 Å². The lowest BCUT2D eigenvalue weighted by Gasteiger charge is -2.18. The minimum Gasteiger partial charge on any atom is -0.462 e. The fraction of sp³-hybridized carbons (Fsp3) is 0.805. The maximum Gasteiger partial charge on any atom is 0.306 e. The van der Waals surface area contributed by atoms with Crippen LogP contribution in [0.3, 0.4) is 0 Å². The molecule has 0 saturated heterocycles. The number of carbonyl (C=O) groups is 3. The minimum absolute atomic E-state index is 0.0671. The Hall–Kier alpha value is -3.15. The molecule has 0 spiro atoms. The molecule has 0 aliphatic carbocycles.